The average molecular weight is 253 g/mol. The molecule has 0 saturated heterocycles. The van der Waals surface area contributed by atoms with Crippen molar-refractivity contribution in [2.45, 2.75) is 32.4 Å². The summed E-state index contributed by atoms with van der Waals surface area (Å²) in [6.45, 7) is 3.74. The molecule has 100 valence electrons. The van der Waals surface area contributed by atoms with Crippen molar-refractivity contribution < 1.29 is 19.7 Å². The zero-order valence-electron chi connectivity index (χ0n) is 10.8. The number of aliphatic carboxylic acids is 1. The molecule has 3 N–H and O–H groups in total. The summed E-state index contributed by atoms with van der Waals surface area (Å²) >= 11 is 0. The van der Waals surface area contributed by atoms with Gasteiger partial charge in [0.25, 0.3) is 0 Å². The maximum atomic E-state index is 10.9. The summed E-state index contributed by atoms with van der Waals surface area (Å²) in [7, 11) is 1.59. The van der Waals surface area contributed by atoms with Gasteiger partial charge in [-0.3, -0.25) is 4.79 Å². The minimum atomic E-state index is -0.917. The Hall–Kier alpha value is -1.75. The average Bonchev–Trinajstić information content (AvgIpc) is 2.28. The fourth-order valence-electron chi connectivity index (χ4n) is 1.59. The topological polar surface area (TPSA) is 78.8 Å². The minimum Gasteiger partial charge on any atom is -0.504 e. The lowest BCUT2D eigenvalue weighted by atomic mass is 10.1. The van der Waals surface area contributed by atoms with Crippen LogP contribution in [-0.4, -0.2) is 35.4 Å². The van der Waals surface area contributed by atoms with Crippen molar-refractivity contribution in [1.29, 1.82) is 0 Å². The molecular weight excluding hydrogens is 234 g/mol. The van der Waals surface area contributed by atoms with Crippen LogP contribution in [0.15, 0.2) is 18.2 Å². The zero-order valence-corrected chi connectivity index (χ0v) is 10.8. The standard InChI is InChI=1S/C13H19NO4/c1-8(2)18-12-5-4-9(7-11(12)15)6-10(14-3)13(16)17/h4-5,7-8,10,14-15H,6H2,1-3H3,(H,16,17). The number of phenols is 1. The number of carboxylic acid groups (broad SMARTS) is 1. The van der Waals surface area contributed by atoms with E-state index in [9.17, 15) is 9.90 Å². The predicted octanol–water partition coefficient (Wildman–Crippen LogP) is 1.39. The third kappa shape index (κ3) is 3.92. The van der Waals surface area contributed by atoms with Crippen LogP contribution in [0.25, 0.3) is 0 Å². The number of likely N-dealkylation sites (N-methyl/N-ethyl adjacent to an activating group) is 1. The first kappa shape index (κ1) is 14.3. The van der Waals surface area contributed by atoms with E-state index in [0.29, 0.717) is 12.2 Å². The van der Waals surface area contributed by atoms with Gasteiger partial charge in [-0.15, -0.1) is 0 Å². The molecule has 1 aromatic carbocycles. The number of rotatable bonds is 6. The maximum absolute atomic E-state index is 10.9. The van der Waals surface area contributed by atoms with E-state index in [1.165, 1.54) is 6.07 Å². The number of ether oxygens (including phenoxy) is 1. The summed E-state index contributed by atoms with van der Waals surface area (Å²) in [4.78, 5) is 10.9. The number of benzene rings is 1. The van der Waals surface area contributed by atoms with Gasteiger partial charge in [0.2, 0.25) is 0 Å². The number of carboxylic acids is 1. The molecule has 0 saturated carbocycles. The Morgan fingerprint density at radius 2 is 2.11 bits per heavy atom. The molecule has 0 spiro atoms. The summed E-state index contributed by atoms with van der Waals surface area (Å²) in [5.74, 6) is -0.481. The van der Waals surface area contributed by atoms with E-state index in [1.807, 2.05) is 13.8 Å². The van der Waals surface area contributed by atoms with Crippen LogP contribution >= 0.6 is 0 Å². The fraction of sp³-hybridized carbons (Fsp3) is 0.462. The molecule has 5 heteroatoms. The molecule has 0 aromatic heterocycles. The van der Waals surface area contributed by atoms with Crippen LogP contribution in [0.1, 0.15) is 19.4 Å². The first-order valence-electron chi connectivity index (χ1n) is 5.82. The Kier molecular flexibility index (Phi) is 4.97. The van der Waals surface area contributed by atoms with Crippen LogP contribution in [0.3, 0.4) is 0 Å². The highest BCUT2D eigenvalue weighted by Gasteiger charge is 2.16. The Labute approximate surface area is 106 Å². The molecular formula is C13H19NO4. The minimum absolute atomic E-state index is 0.0224. The molecule has 1 unspecified atom stereocenters. The predicted molar refractivity (Wildman–Crippen MR) is 68.1 cm³/mol. The SMILES string of the molecule is CNC(Cc1ccc(OC(C)C)c(O)c1)C(=O)O. The number of carbonyl (C=O) groups is 1. The lowest BCUT2D eigenvalue weighted by Crippen LogP contribution is -2.35. The van der Waals surface area contributed by atoms with E-state index in [-0.39, 0.29) is 11.9 Å². The van der Waals surface area contributed by atoms with Gasteiger partial charge >= 0.3 is 5.97 Å². The van der Waals surface area contributed by atoms with Crippen molar-refractivity contribution >= 4 is 5.97 Å². The van der Waals surface area contributed by atoms with Gasteiger partial charge in [0.15, 0.2) is 11.5 Å². The lowest BCUT2D eigenvalue weighted by Gasteiger charge is -2.14. The Morgan fingerprint density at radius 1 is 1.44 bits per heavy atom. The molecule has 1 rings (SSSR count). The van der Waals surface area contributed by atoms with Crippen LogP contribution in [0, 0.1) is 0 Å². The van der Waals surface area contributed by atoms with Crippen molar-refractivity contribution in [2.24, 2.45) is 0 Å². The van der Waals surface area contributed by atoms with Crippen LogP contribution < -0.4 is 10.1 Å². The van der Waals surface area contributed by atoms with Gasteiger partial charge in [0, 0.05) is 0 Å². The van der Waals surface area contributed by atoms with E-state index >= 15 is 0 Å². The van der Waals surface area contributed by atoms with Crippen molar-refractivity contribution in [1.82, 2.24) is 5.32 Å². The molecule has 1 atom stereocenters. The quantitative estimate of drug-likeness (QED) is 0.714. The van der Waals surface area contributed by atoms with E-state index < -0.39 is 12.0 Å². The summed E-state index contributed by atoms with van der Waals surface area (Å²) in [5, 5.41) is 21.4. The Morgan fingerprint density at radius 3 is 2.56 bits per heavy atom. The molecule has 1 aromatic rings. The number of aromatic hydroxyl groups is 1. The molecule has 0 aliphatic heterocycles. The first-order valence-corrected chi connectivity index (χ1v) is 5.82. The van der Waals surface area contributed by atoms with Crippen LogP contribution in [0.5, 0.6) is 11.5 Å². The highest BCUT2D eigenvalue weighted by molar-refractivity contribution is 5.73. The van der Waals surface area contributed by atoms with E-state index in [2.05, 4.69) is 5.32 Å². The first-order chi connectivity index (χ1) is 8.43. The maximum Gasteiger partial charge on any atom is 0.321 e. The molecule has 0 fully saturated rings. The lowest BCUT2D eigenvalue weighted by molar-refractivity contribution is -0.139. The molecule has 0 radical (unpaired) electrons. The largest absolute Gasteiger partial charge is 0.504 e. The van der Waals surface area contributed by atoms with Crippen molar-refractivity contribution in [3.8, 4) is 11.5 Å². The second kappa shape index (κ2) is 6.26. The number of hydrogen-bond acceptors (Lipinski definition) is 4. The summed E-state index contributed by atoms with van der Waals surface area (Å²) < 4.78 is 5.40. The molecule has 5 nitrogen and oxygen atoms in total. The van der Waals surface area contributed by atoms with Gasteiger partial charge in [-0.2, -0.15) is 0 Å². The second-order valence-electron chi connectivity index (χ2n) is 4.35. The molecule has 0 aliphatic carbocycles. The Bertz CT molecular complexity index is 417. The van der Waals surface area contributed by atoms with Gasteiger partial charge in [0.1, 0.15) is 6.04 Å². The van der Waals surface area contributed by atoms with Crippen LogP contribution in [0.4, 0.5) is 0 Å². The normalized spacial score (nSPS) is 12.4. The Balaban J connectivity index is 2.80. The second-order valence-corrected chi connectivity index (χ2v) is 4.35. The highest BCUT2D eigenvalue weighted by atomic mass is 16.5. The molecule has 0 heterocycles. The summed E-state index contributed by atoms with van der Waals surface area (Å²) in [6.07, 6.45) is 0.285. The van der Waals surface area contributed by atoms with Crippen LogP contribution in [-0.2, 0) is 11.2 Å². The highest BCUT2D eigenvalue weighted by Crippen LogP contribution is 2.28. The van der Waals surface area contributed by atoms with E-state index in [4.69, 9.17) is 9.84 Å². The number of phenolic OH excluding ortho intramolecular Hbond substituents is 1. The molecule has 0 bridgehead atoms. The van der Waals surface area contributed by atoms with Gasteiger partial charge < -0.3 is 20.3 Å². The van der Waals surface area contributed by atoms with Gasteiger partial charge in [-0.05, 0) is 45.0 Å². The number of nitrogens with one attached hydrogen (secondary N) is 1. The third-order valence-corrected chi connectivity index (χ3v) is 2.47. The third-order valence-electron chi connectivity index (χ3n) is 2.47. The van der Waals surface area contributed by atoms with Crippen molar-refractivity contribution in [3.05, 3.63) is 23.8 Å². The molecule has 0 amide bonds. The summed E-state index contributed by atoms with van der Waals surface area (Å²) in [5.41, 5.74) is 0.741. The zero-order chi connectivity index (χ0) is 13.7. The van der Waals surface area contributed by atoms with Crippen LogP contribution in [0.2, 0.25) is 0 Å². The molecule has 18 heavy (non-hydrogen) atoms. The van der Waals surface area contributed by atoms with Crippen molar-refractivity contribution in [2.75, 3.05) is 7.05 Å². The summed E-state index contributed by atoms with van der Waals surface area (Å²) in [6, 6.07) is 4.27. The number of hydrogen-bond donors (Lipinski definition) is 3. The van der Waals surface area contributed by atoms with Gasteiger partial charge in [-0.1, -0.05) is 6.07 Å². The molecule has 0 aliphatic rings. The van der Waals surface area contributed by atoms with E-state index in [0.717, 1.165) is 5.56 Å². The van der Waals surface area contributed by atoms with Gasteiger partial charge in [-0.25, -0.2) is 0 Å². The fourth-order valence-corrected chi connectivity index (χ4v) is 1.59. The smallest absolute Gasteiger partial charge is 0.321 e. The van der Waals surface area contributed by atoms with E-state index in [1.54, 1.807) is 19.2 Å². The van der Waals surface area contributed by atoms with Gasteiger partial charge in [0.05, 0.1) is 6.10 Å². The monoisotopic (exact) mass is 253 g/mol. The van der Waals surface area contributed by atoms with Crippen molar-refractivity contribution in [3.63, 3.8) is 0 Å².